The highest BCUT2D eigenvalue weighted by Gasteiger charge is 2.13. The molecule has 0 atom stereocenters. The fraction of sp³-hybridized carbons (Fsp3) is 0.241. The van der Waals surface area contributed by atoms with Crippen molar-refractivity contribution in [1.29, 1.82) is 0 Å². The van der Waals surface area contributed by atoms with Crippen molar-refractivity contribution in [2.24, 2.45) is 0 Å². The van der Waals surface area contributed by atoms with Gasteiger partial charge in [0.25, 0.3) is 0 Å². The molecular formula is C29H32N2O4. The number of ether oxygens (including phenoxy) is 1. The lowest BCUT2D eigenvalue weighted by Crippen LogP contribution is -2.28. The van der Waals surface area contributed by atoms with Crippen LogP contribution in [0, 0.1) is 6.92 Å². The van der Waals surface area contributed by atoms with Gasteiger partial charge in [0.2, 0.25) is 5.89 Å². The minimum atomic E-state index is -0.838. The Labute approximate surface area is 206 Å². The lowest BCUT2D eigenvalue weighted by molar-refractivity contribution is -0.138. The molecule has 0 saturated carbocycles. The Morgan fingerprint density at radius 1 is 0.914 bits per heavy atom. The molecule has 6 nitrogen and oxygen atoms in total. The van der Waals surface area contributed by atoms with E-state index in [1.807, 2.05) is 96.8 Å². The van der Waals surface area contributed by atoms with Crippen LogP contribution in [0.25, 0.3) is 11.5 Å². The molecule has 0 aliphatic heterocycles. The summed E-state index contributed by atoms with van der Waals surface area (Å²) in [6, 6.07) is 27.5. The topological polar surface area (TPSA) is 75.8 Å². The summed E-state index contributed by atoms with van der Waals surface area (Å²) in [6.07, 6.45) is 0.646. The van der Waals surface area contributed by atoms with E-state index in [9.17, 15) is 9.90 Å². The van der Waals surface area contributed by atoms with E-state index in [1.165, 1.54) is 0 Å². The number of hydrogen-bond acceptors (Lipinski definition) is 5. The molecule has 0 aliphatic rings. The van der Waals surface area contributed by atoms with Gasteiger partial charge in [-0.15, -0.1) is 0 Å². The zero-order valence-electron chi connectivity index (χ0n) is 19.2. The Kier molecular flexibility index (Phi) is 9.21. The molecule has 4 rings (SSSR count). The molecule has 0 aliphatic carbocycles. The van der Waals surface area contributed by atoms with Crippen LogP contribution in [0.3, 0.4) is 0 Å². The van der Waals surface area contributed by atoms with E-state index >= 15 is 0 Å². The van der Waals surface area contributed by atoms with Crippen molar-refractivity contribution in [3.63, 3.8) is 0 Å². The summed E-state index contributed by atoms with van der Waals surface area (Å²) >= 11 is 0. The fourth-order valence-electron chi connectivity index (χ4n) is 3.78. The molecule has 0 spiro atoms. The molecule has 0 bridgehead atoms. The molecule has 4 aromatic rings. The summed E-state index contributed by atoms with van der Waals surface area (Å²) in [6.45, 7) is 3.51. The molecule has 1 heterocycles. The van der Waals surface area contributed by atoms with Gasteiger partial charge in [0.15, 0.2) is 0 Å². The second-order valence-corrected chi connectivity index (χ2v) is 8.15. The van der Waals surface area contributed by atoms with Crippen molar-refractivity contribution in [1.82, 2.24) is 9.88 Å². The maximum absolute atomic E-state index is 11.3. The van der Waals surface area contributed by atoms with E-state index in [-0.39, 0.29) is 14.0 Å². The first-order valence-corrected chi connectivity index (χ1v) is 11.3. The largest absolute Gasteiger partial charge is 0.493 e. The quantitative estimate of drug-likeness (QED) is 0.289. The van der Waals surface area contributed by atoms with Gasteiger partial charge in [-0.1, -0.05) is 68.1 Å². The van der Waals surface area contributed by atoms with Crippen LogP contribution in [0.2, 0.25) is 0 Å². The predicted octanol–water partition coefficient (Wildman–Crippen LogP) is 5.99. The van der Waals surface area contributed by atoms with Gasteiger partial charge in [-0.05, 0) is 42.3 Å². The van der Waals surface area contributed by atoms with E-state index in [0.29, 0.717) is 32.0 Å². The Balaban J connectivity index is 0.00000342. The van der Waals surface area contributed by atoms with Gasteiger partial charge in [-0.25, -0.2) is 4.98 Å². The summed E-state index contributed by atoms with van der Waals surface area (Å²) in [4.78, 5) is 17.8. The zero-order valence-corrected chi connectivity index (χ0v) is 19.2. The van der Waals surface area contributed by atoms with E-state index in [4.69, 9.17) is 9.15 Å². The first-order chi connectivity index (χ1) is 16.6. The summed E-state index contributed by atoms with van der Waals surface area (Å²) in [5.41, 5.74) is 3.96. The van der Waals surface area contributed by atoms with Crippen molar-refractivity contribution in [2.45, 2.75) is 33.9 Å². The Morgan fingerprint density at radius 2 is 1.51 bits per heavy atom. The Bertz CT molecular complexity index is 1190. The molecule has 0 amide bonds. The van der Waals surface area contributed by atoms with Crippen LogP contribution in [0.5, 0.6) is 5.75 Å². The van der Waals surface area contributed by atoms with Gasteiger partial charge < -0.3 is 14.3 Å². The molecule has 3 aromatic carbocycles. The second-order valence-electron chi connectivity index (χ2n) is 8.15. The second kappa shape index (κ2) is 12.5. The van der Waals surface area contributed by atoms with E-state index in [2.05, 4.69) is 4.98 Å². The van der Waals surface area contributed by atoms with Gasteiger partial charge in [0.05, 0.1) is 18.8 Å². The SMILES string of the molecule is C.Cc1oc(-c2ccccc2)nc1CCOc1ccc(CN(CC(=O)O)Cc2ccccc2)cc1. The Morgan fingerprint density at radius 3 is 2.14 bits per heavy atom. The molecule has 182 valence electrons. The number of aromatic nitrogens is 1. The number of nitrogens with zero attached hydrogens (tertiary/aromatic N) is 2. The third kappa shape index (κ3) is 7.55. The first-order valence-electron chi connectivity index (χ1n) is 11.3. The van der Waals surface area contributed by atoms with Crippen LogP contribution < -0.4 is 4.74 Å². The molecule has 0 unspecified atom stereocenters. The number of oxazole rings is 1. The van der Waals surface area contributed by atoms with Crippen molar-refractivity contribution in [2.75, 3.05) is 13.2 Å². The molecule has 1 N–H and O–H groups in total. The van der Waals surface area contributed by atoms with Gasteiger partial charge in [0, 0.05) is 25.1 Å². The van der Waals surface area contributed by atoms with E-state index < -0.39 is 5.97 Å². The molecule has 6 heteroatoms. The molecule has 0 fully saturated rings. The Hall–Kier alpha value is -3.90. The van der Waals surface area contributed by atoms with Crippen LogP contribution in [0.1, 0.15) is 30.0 Å². The van der Waals surface area contributed by atoms with Crippen molar-refractivity contribution >= 4 is 5.97 Å². The fourth-order valence-corrected chi connectivity index (χ4v) is 3.78. The highest BCUT2D eigenvalue weighted by atomic mass is 16.5. The van der Waals surface area contributed by atoms with Crippen molar-refractivity contribution < 1.29 is 19.1 Å². The number of carboxylic acid groups (broad SMARTS) is 1. The zero-order chi connectivity index (χ0) is 23.8. The highest BCUT2D eigenvalue weighted by molar-refractivity contribution is 5.69. The van der Waals surface area contributed by atoms with Crippen LogP contribution in [-0.4, -0.2) is 34.1 Å². The molecule has 0 saturated heterocycles. The first kappa shape index (κ1) is 25.7. The van der Waals surface area contributed by atoms with Crippen molar-refractivity contribution in [3.05, 3.63) is 108 Å². The number of hydrogen-bond donors (Lipinski definition) is 1. The molecule has 0 radical (unpaired) electrons. The van der Waals surface area contributed by atoms with Gasteiger partial charge in [-0.3, -0.25) is 9.69 Å². The monoisotopic (exact) mass is 472 g/mol. The third-order valence-electron chi connectivity index (χ3n) is 5.46. The normalized spacial score (nSPS) is 10.7. The van der Waals surface area contributed by atoms with Gasteiger partial charge >= 0.3 is 5.97 Å². The standard InChI is InChI=1S/C28H28N2O4.CH4/c1-21-26(29-28(34-21)24-10-6-3-7-11-24)16-17-33-25-14-12-23(13-15-25)19-30(20-27(31)32)18-22-8-4-2-5-9-22;/h2-15H,16-20H2,1H3,(H,31,32);1H4. The summed E-state index contributed by atoms with van der Waals surface area (Å²) in [5, 5.41) is 9.29. The predicted molar refractivity (Wildman–Crippen MR) is 137 cm³/mol. The lowest BCUT2D eigenvalue weighted by Gasteiger charge is -2.20. The summed E-state index contributed by atoms with van der Waals surface area (Å²) in [5.74, 6) is 1.35. The minimum absolute atomic E-state index is 0. The van der Waals surface area contributed by atoms with Gasteiger partial charge in [0.1, 0.15) is 11.5 Å². The molecular weight excluding hydrogens is 440 g/mol. The third-order valence-corrected chi connectivity index (χ3v) is 5.46. The average molecular weight is 473 g/mol. The maximum atomic E-state index is 11.3. The number of aryl methyl sites for hydroxylation is 1. The number of rotatable bonds is 11. The number of carbonyl (C=O) groups is 1. The van der Waals surface area contributed by atoms with Crippen molar-refractivity contribution in [3.8, 4) is 17.2 Å². The van der Waals surface area contributed by atoms with Crippen LogP contribution in [-0.2, 0) is 24.3 Å². The minimum Gasteiger partial charge on any atom is -0.493 e. The molecule has 35 heavy (non-hydrogen) atoms. The van der Waals surface area contributed by atoms with Crippen LogP contribution in [0.4, 0.5) is 0 Å². The van der Waals surface area contributed by atoms with E-state index in [1.54, 1.807) is 0 Å². The van der Waals surface area contributed by atoms with Gasteiger partial charge in [-0.2, -0.15) is 0 Å². The number of benzene rings is 3. The average Bonchev–Trinajstić information content (AvgIpc) is 3.21. The maximum Gasteiger partial charge on any atom is 0.317 e. The summed E-state index contributed by atoms with van der Waals surface area (Å²) < 4.78 is 11.7. The number of aliphatic carboxylic acids is 1. The molecule has 1 aromatic heterocycles. The van der Waals surface area contributed by atoms with Crippen LogP contribution >= 0.6 is 0 Å². The van der Waals surface area contributed by atoms with E-state index in [0.717, 1.165) is 33.9 Å². The number of carboxylic acids is 1. The summed E-state index contributed by atoms with van der Waals surface area (Å²) in [7, 11) is 0. The smallest absolute Gasteiger partial charge is 0.317 e. The highest BCUT2D eigenvalue weighted by Crippen LogP contribution is 2.22. The van der Waals surface area contributed by atoms with Crippen LogP contribution in [0.15, 0.2) is 89.3 Å². The lowest BCUT2D eigenvalue weighted by atomic mass is 10.1.